The summed E-state index contributed by atoms with van der Waals surface area (Å²) in [6, 6.07) is 18.4. The number of carbonyl (C=O) groups is 1. The number of hydrogen-bond donors (Lipinski definition) is 1. The van der Waals surface area contributed by atoms with E-state index in [-0.39, 0.29) is 7.21 Å². The molecule has 4 heteroatoms. The van der Waals surface area contributed by atoms with Crippen LogP contribution in [0.1, 0.15) is 55.6 Å². The maximum Gasteiger partial charge on any atom is 0.166 e. The van der Waals surface area contributed by atoms with Crippen LogP contribution in [0.2, 0.25) is 0 Å². The zero-order valence-corrected chi connectivity index (χ0v) is 16.9. The standard InChI is InChI=1S/C26H25N3O.H2/c30-25(17-19-5-4-6-20(10-9-19)26-27-14-15-28-26)22-11-12-24-21(18-22)13-16-29(24)23-7-2-1-3-8-23;/h1-3,5,7-8,11-16,18,20H,4,6,9-10,17H2,(H,27,28);1H. The van der Waals surface area contributed by atoms with Crippen molar-refractivity contribution in [1.82, 2.24) is 14.5 Å². The van der Waals surface area contributed by atoms with Crippen molar-refractivity contribution < 1.29 is 6.22 Å². The van der Waals surface area contributed by atoms with E-state index in [4.69, 9.17) is 0 Å². The molecule has 2 aromatic carbocycles. The highest BCUT2D eigenvalue weighted by Gasteiger charge is 2.19. The number of imidazole rings is 1. The number of aromatic amines is 1. The third-order valence-electron chi connectivity index (χ3n) is 6.10. The number of carbonyl (C=O) groups excluding carboxylic acids is 1. The van der Waals surface area contributed by atoms with Gasteiger partial charge in [-0.1, -0.05) is 29.8 Å². The van der Waals surface area contributed by atoms with Crippen molar-refractivity contribution in [2.75, 3.05) is 0 Å². The number of hydrogen-bond acceptors (Lipinski definition) is 2. The molecule has 1 aliphatic carbocycles. The van der Waals surface area contributed by atoms with Gasteiger partial charge in [0, 0.05) is 49.0 Å². The summed E-state index contributed by atoms with van der Waals surface area (Å²) in [4.78, 5) is 20.7. The molecular formula is C26H27N3O. The van der Waals surface area contributed by atoms with Gasteiger partial charge in [-0.2, -0.15) is 0 Å². The Bertz CT molecular complexity index is 1190. The average Bonchev–Trinajstić information content (AvgIpc) is 3.41. The summed E-state index contributed by atoms with van der Waals surface area (Å²) in [6.45, 7) is 0. The molecule has 1 N–H and O–H groups in total. The van der Waals surface area contributed by atoms with E-state index in [1.165, 1.54) is 5.57 Å². The molecule has 1 aliphatic rings. The molecular weight excluding hydrogens is 370 g/mol. The van der Waals surface area contributed by atoms with Gasteiger partial charge in [0.25, 0.3) is 0 Å². The molecule has 4 aromatic rings. The number of nitrogens with one attached hydrogen (secondary N) is 1. The van der Waals surface area contributed by atoms with Gasteiger partial charge in [0.1, 0.15) is 5.82 Å². The van der Waals surface area contributed by atoms with Crippen LogP contribution in [0.5, 0.6) is 0 Å². The Labute approximate surface area is 177 Å². The SMILES string of the molecule is O=C(CC1=CCCC(c2ncc[nH]2)CC1)c1ccc2c(ccn2-c2ccccc2)c1.[HH]. The molecule has 0 amide bonds. The summed E-state index contributed by atoms with van der Waals surface area (Å²) in [5.41, 5.74) is 4.30. The highest BCUT2D eigenvalue weighted by atomic mass is 16.1. The van der Waals surface area contributed by atoms with Crippen LogP contribution in [-0.2, 0) is 0 Å². The Kier molecular flexibility index (Phi) is 5.06. The summed E-state index contributed by atoms with van der Waals surface area (Å²) < 4.78 is 2.16. The molecule has 0 saturated heterocycles. The number of benzene rings is 2. The third-order valence-corrected chi connectivity index (χ3v) is 6.10. The number of Topliss-reactive ketones (excluding diaryl/α,β-unsaturated/α-hetero) is 1. The number of para-hydroxylation sites is 1. The first-order chi connectivity index (χ1) is 14.8. The molecule has 4 nitrogen and oxygen atoms in total. The fourth-order valence-corrected chi connectivity index (χ4v) is 4.47. The molecule has 152 valence electrons. The second-order valence-electron chi connectivity index (χ2n) is 8.04. The molecule has 2 aromatic heterocycles. The lowest BCUT2D eigenvalue weighted by atomic mass is 9.96. The highest BCUT2D eigenvalue weighted by Crippen LogP contribution is 2.31. The van der Waals surface area contributed by atoms with Gasteiger partial charge in [0.05, 0.1) is 5.52 Å². The molecule has 5 rings (SSSR count). The van der Waals surface area contributed by atoms with Crippen molar-refractivity contribution in [2.24, 2.45) is 0 Å². The quantitative estimate of drug-likeness (QED) is 0.310. The first kappa shape index (κ1) is 18.6. The van der Waals surface area contributed by atoms with Crippen molar-refractivity contribution in [3.63, 3.8) is 0 Å². The topological polar surface area (TPSA) is 50.7 Å². The lowest BCUT2D eigenvalue weighted by Crippen LogP contribution is -2.03. The van der Waals surface area contributed by atoms with Crippen LogP contribution < -0.4 is 0 Å². The van der Waals surface area contributed by atoms with Crippen LogP contribution >= 0.6 is 0 Å². The monoisotopic (exact) mass is 397 g/mol. The van der Waals surface area contributed by atoms with E-state index in [2.05, 4.69) is 51.1 Å². The molecule has 1 atom stereocenters. The molecule has 2 heterocycles. The molecule has 0 radical (unpaired) electrons. The average molecular weight is 398 g/mol. The van der Waals surface area contributed by atoms with Crippen LogP contribution in [0.3, 0.4) is 0 Å². The summed E-state index contributed by atoms with van der Waals surface area (Å²) >= 11 is 0. The van der Waals surface area contributed by atoms with E-state index in [9.17, 15) is 4.79 Å². The Balaban J connectivity index is 0.00000231. The van der Waals surface area contributed by atoms with Crippen LogP contribution in [-0.4, -0.2) is 20.3 Å². The van der Waals surface area contributed by atoms with Gasteiger partial charge in [-0.3, -0.25) is 4.79 Å². The van der Waals surface area contributed by atoms with Crippen molar-refractivity contribution in [3.8, 4) is 5.69 Å². The number of rotatable bonds is 5. The third kappa shape index (κ3) is 3.73. The van der Waals surface area contributed by atoms with E-state index in [0.717, 1.165) is 53.7 Å². The fraction of sp³-hybridized carbons (Fsp3) is 0.231. The Morgan fingerprint density at radius 1 is 1.13 bits per heavy atom. The van der Waals surface area contributed by atoms with Gasteiger partial charge in [0.2, 0.25) is 0 Å². The summed E-state index contributed by atoms with van der Waals surface area (Å²) in [5, 5.41) is 1.09. The maximum atomic E-state index is 13.0. The molecule has 0 bridgehead atoms. The first-order valence-corrected chi connectivity index (χ1v) is 10.6. The van der Waals surface area contributed by atoms with Crippen LogP contribution in [0.15, 0.2) is 84.8 Å². The van der Waals surface area contributed by atoms with Gasteiger partial charge in [-0.15, -0.1) is 0 Å². The Morgan fingerprint density at radius 3 is 2.87 bits per heavy atom. The lowest BCUT2D eigenvalue weighted by Gasteiger charge is -2.11. The first-order valence-electron chi connectivity index (χ1n) is 10.6. The van der Waals surface area contributed by atoms with E-state index in [1.54, 1.807) is 0 Å². The Morgan fingerprint density at radius 2 is 2.03 bits per heavy atom. The van der Waals surface area contributed by atoms with Gasteiger partial charge in [-0.25, -0.2) is 4.98 Å². The molecule has 0 fully saturated rings. The van der Waals surface area contributed by atoms with Gasteiger partial charge >= 0.3 is 0 Å². The summed E-state index contributed by atoms with van der Waals surface area (Å²) in [7, 11) is 0. The number of nitrogens with zero attached hydrogens (tertiary/aromatic N) is 2. The largest absolute Gasteiger partial charge is 0.348 e. The van der Waals surface area contributed by atoms with Gasteiger partial charge in [0.15, 0.2) is 5.78 Å². The second-order valence-corrected chi connectivity index (χ2v) is 8.04. The molecule has 30 heavy (non-hydrogen) atoms. The van der Waals surface area contributed by atoms with Crippen LogP contribution in [0.25, 0.3) is 16.6 Å². The number of allylic oxidation sites excluding steroid dienone is 2. The van der Waals surface area contributed by atoms with Crippen molar-refractivity contribution in [2.45, 2.75) is 38.0 Å². The minimum atomic E-state index is 0. The van der Waals surface area contributed by atoms with E-state index < -0.39 is 0 Å². The molecule has 0 spiro atoms. The Hall–Kier alpha value is -3.40. The lowest BCUT2D eigenvalue weighted by molar-refractivity contribution is 0.0992. The van der Waals surface area contributed by atoms with Gasteiger partial charge < -0.3 is 9.55 Å². The van der Waals surface area contributed by atoms with Crippen molar-refractivity contribution >= 4 is 16.7 Å². The van der Waals surface area contributed by atoms with Crippen molar-refractivity contribution in [3.05, 3.63) is 96.2 Å². The number of aromatic nitrogens is 3. The van der Waals surface area contributed by atoms with Gasteiger partial charge in [-0.05, 0) is 62.1 Å². The summed E-state index contributed by atoms with van der Waals surface area (Å²) in [6.07, 6.45) is 12.7. The minimum Gasteiger partial charge on any atom is -0.348 e. The second kappa shape index (κ2) is 8.15. The maximum absolute atomic E-state index is 13.0. The number of fused-ring (bicyclic) bond motifs is 1. The number of H-pyrrole nitrogens is 1. The zero-order valence-electron chi connectivity index (χ0n) is 16.9. The van der Waals surface area contributed by atoms with E-state index in [1.807, 2.05) is 42.7 Å². The predicted molar refractivity (Wildman–Crippen MR) is 122 cm³/mol. The van der Waals surface area contributed by atoms with Crippen LogP contribution in [0, 0.1) is 0 Å². The van der Waals surface area contributed by atoms with E-state index in [0.29, 0.717) is 12.3 Å². The van der Waals surface area contributed by atoms with Crippen molar-refractivity contribution in [1.29, 1.82) is 0 Å². The highest BCUT2D eigenvalue weighted by molar-refractivity contribution is 6.01. The molecule has 0 saturated carbocycles. The number of ketones is 1. The predicted octanol–water partition coefficient (Wildman–Crippen LogP) is 6.46. The van der Waals surface area contributed by atoms with E-state index >= 15 is 0 Å². The molecule has 0 aliphatic heterocycles. The minimum absolute atomic E-state index is 0. The zero-order chi connectivity index (χ0) is 20.3. The molecule has 1 unspecified atom stereocenters. The summed E-state index contributed by atoms with van der Waals surface area (Å²) in [5.74, 6) is 1.73. The normalized spacial score (nSPS) is 16.9. The van der Waals surface area contributed by atoms with Crippen LogP contribution in [0.4, 0.5) is 0 Å². The smallest absolute Gasteiger partial charge is 0.166 e. The fourth-order valence-electron chi connectivity index (χ4n) is 4.47.